The van der Waals surface area contributed by atoms with Crippen molar-refractivity contribution in [3.8, 4) is 0 Å². The zero-order chi connectivity index (χ0) is 29.0. The minimum absolute atomic E-state index is 0.143. The highest BCUT2D eigenvalue weighted by Crippen LogP contribution is 2.55. The monoisotopic (exact) mass is 580 g/mol. The van der Waals surface area contributed by atoms with Gasteiger partial charge in [-0.2, -0.15) is 11.8 Å². The van der Waals surface area contributed by atoms with Gasteiger partial charge in [0.25, 0.3) is 5.91 Å². The second-order valence-corrected chi connectivity index (χ2v) is 12.4. The van der Waals surface area contributed by atoms with Gasteiger partial charge < -0.3 is 9.80 Å². The normalized spacial score (nSPS) is 25.9. The predicted octanol–water partition coefficient (Wildman–Crippen LogP) is 3.34. The number of rotatable bonds is 7. The molecule has 1 spiro atoms. The third kappa shape index (κ3) is 3.94. The average molecular weight is 581 g/mol. The van der Waals surface area contributed by atoms with Crippen molar-refractivity contribution in [3.63, 3.8) is 0 Å². The Morgan fingerprint density at radius 1 is 0.905 bits per heavy atom. The van der Waals surface area contributed by atoms with E-state index in [-0.39, 0.29) is 42.8 Å². The number of para-hydroxylation sites is 2. The molecule has 0 aliphatic carbocycles. The van der Waals surface area contributed by atoms with Gasteiger partial charge in [0.15, 0.2) is 0 Å². The summed E-state index contributed by atoms with van der Waals surface area (Å²) < 4.78 is 0. The van der Waals surface area contributed by atoms with Gasteiger partial charge in [0, 0.05) is 29.5 Å². The topological polar surface area (TPSA) is 90.0 Å². The van der Waals surface area contributed by atoms with Crippen LogP contribution in [0.5, 0.6) is 0 Å². The van der Waals surface area contributed by atoms with Gasteiger partial charge >= 0.3 is 0 Å². The molecule has 4 heterocycles. The van der Waals surface area contributed by atoms with Crippen molar-refractivity contribution >= 4 is 46.8 Å². The van der Waals surface area contributed by atoms with Gasteiger partial charge in [-0.25, -0.2) is 0 Å². The number of fused-ring (bicyclic) bond motifs is 5. The molecule has 3 aromatic carbocycles. The summed E-state index contributed by atoms with van der Waals surface area (Å²) in [6.45, 7) is 0.591. The fraction of sp³-hybridized carbons (Fsp3) is 0.333. The molecule has 2 saturated heterocycles. The van der Waals surface area contributed by atoms with E-state index >= 15 is 0 Å². The molecule has 42 heavy (non-hydrogen) atoms. The van der Waals surface area contributed by atoms with Crippen LogP contribution in [-0.2, 0) is 37.7 Å². The minimum atomic E-state index is -1.41. The van der Waals surface area contributed by atoms with E-state index in [2.05, 4.69) is 5.32 Å². The van der Waals surface area contributed by atoms with Crippen molar-refractivity contribution in [1.82, 2.24) is 10.2 Å². The van der Waals surface area contributed by atoms with Crippen LogP contribution in [0.4, 0.5) is 11.4 Å². The SMILES string of the molecule is CSCCC1NC2(C(=O)N(CC(=O)N3CCc4ccccc43)c3ccccc32)C2C(=O)N(Cc3ccccc3)C(=O)C12. The average Bonchev–Trinajstić information content (AvgIpc) is 3.72. The molecule has 4 aliphatic rings. The number of anilines is 2. The molecule has 1 N–H and O–H groups in total. The smallest absolute Gasteiger partial charge is 0.253 e. The highest BCUT2D eigenvalue weighted by molar-refractivity contribution is 7.98. The number of nitrogens with one attached hydrogen (secondary N) is 1. The lowest BCUT2D eigenvalue weighted by atomic mass is 9.76. The summed E-state index contributed by atoms with van der Waals surface area (Å²) in [5.74, 6) is -1.85. The zero-order valence-electron chi connectivity index (χ0n) is 23.4. The maximum Gasteiger partial charge on any atom is 0.253 e. The van der Waals surface area contributed by atoms with Crippen LogP contribution in [0.25, 0.3) is 0 Å². The maximum absolute atomic E-state index is 14.7. The van der Waals surface area contributed by atoms with Crippen molar-refractivity contribution in [1.29, 1.82) is 0 Å². The fourth-order valence-corrected chi connectivity index (χ4v) is 7.89. The van der Waals surface area contributed by atoms with Gasteiger partial charge in [-0.3, -0.25) is 29.4 Å². The first kappa shape index (κ1) is 26.9. The Balaban J connectivity index is 1.26. The molecular formula is C33H32N4O4S. The van der Waals surface area contributed by atoms with Crippen molar-refractivity contribution in [2.45, 2.75) is 31.0 Å². The van der Waals surface area contributed by atoms with E-state index < -0.39 is 17.4 Å². The molecule has 2 fully saturated rings. The number of benzene rings is 3. The van der Waals surface area contributed by atoms with Gasteiger partial charge in [-0.05, 0) is 48.1 Å². The minimum Gasteiger partial charge on any atom is -0.310 e. The van der Waals surface area contributed by atoms with E-state index in [9.17, 15) is 19.2 Å². The summed E-state index contributed by atoms with van der Waals surface area (Å²) in [4.78, 5) is 61.2. The van der Waals surface area contributed by atoms with Gasteiger partial charge in [-0.15, -0.1) is 0 Å². The van der Waals surface area contributed by atoms with E-state index in [0.29, 0.717) is 24.2 Å². The van der Waals surface area contributed by atoms with E-state index in [4.69, 9.17) is 0 Å². The van der Waals surface area contributed by atoms with Crippen LogP contribution in [0, 0.1) is 11.8 Å². The van der Waals surface area contributed by atoms with Gasteiger partial charge in [0.05, 0.1) is 18.4 Å². The maximum atomic E-state index is 14.7. The Kier molecular flexibility index (Phi) is 6.66. The molecule has 9 heteroatoms. The van der Waals surface area contributed by atoms with Gasteiger partial charge in [0.2, 0.25) is 17.7 Å². The first-order chi connectivity index (χ1) is 20.5. The summed E-state index contributed by atoms with van der Waals surface area (Å²) in [6, 6.07) is 24.3. The largest absolute Gasteiger partial charge is 0.310 e. The molecule has 0 aromatic heterocycles. The number of thioether (sulfide) groups is 1. The molecule has 8 nitrogen and oxygen atoms in total. The van der Waals surface area contributed by atoms with Crippen LogP contribution < -0.4 is 15.1 Å². The van der Waals surface area contributed by atoms with E-state index in [1.807, 2.05) is 85.1 Å². The van der Waals surface area contributed by atoms with E-state index in [1.165, 1.54) is 9.80 Å². The van der Waals surface area contributed by atoms with Crippen molar-refractivity contribution in [2.75, 3.05) is 34.9 Å². The Morgan fingerprint density at radius 3 is 2.40 bits per heavy atom. The highest BCUT2D eigenvalue weighted by atomic mass is 32.2. The third-order valence-corrected chi connectivity index (χ3v) is 9.90. The van der Waals surface area contributed by atoms with Crippen molar-refractivity contribution in [2.24, 2.45) is 11.8 Å². The molecule has 3 aromatic rings. The molecule has 214 valence electrons. The predicted molar refractivity (Wildman–Crippen MR) is 162 cm³/mol. The van der Waals surface area contributed by atoms with Crippen LogP contribution in [0.1, 0.15) is 23.1 Å². The number of hydrogen-bond acceptors (Lipinski definition) is 6. The number of imide groups is 1. The molecule has 0 saturated carbocycles. The number of nitrogens with zero attached hydrogens (tertiary/aromatic N) is 3. The second-order valence-electron chi connectivity index (χ2n) is 11.4. The number of hydrogen-bond donors (Lipinski definition) is 1. The molecule has 4 amide bonds. The zero-order valence-corrected chi connectivity index (χ0v) is 24.2. The first-order valence-corrected chi connectivity index (χ1v) is 15.8. The molecule has 0 radical (unpaired) electrons. The number of likely N-dealkylation sites (tertiary alicyclic amines) is 1. The van der Waals surface area contributed by atoms with Gasteiger partial charge in [0.1, 0.15) is 12.1 Å². The second kappa shape index (κ2) is 10.4. The number of carbonyl (C=O) groups is 4. The van der Waals surface area contributed by atoms with E-state index in [0.717, 1.165) is 29.0 Å². The Labute approximate surface area is 249 Å². The van der Waals surface area contributed by atoms with E-state index in [1.54, 1.807) is 16.7 Å². The Hall–Kier alpha value is -3.95. The summed E-state index contributed by atoms with van der Waals surface area (Å²) in [5.41, 5.74) is 2.71. The van der Waals surface area contributed by atoms with Gasteiger partial charge in [-0.1, -0.05) is 66.7 Å². The third-order valence-electron chi connectivity index (χ3n) is 9.26. The Morgan fingerprint density at radius 2 is 1.62 bits per heavy atom. The molecule has 7 rings (SSSR count). The standard InChI is InChI=1S/C33H32N4O4S/c1-42-18-16-24-28-29(31(40)37(30(28)39)19-21-9-3-2-4-10-21)33(34-24)23-12-6-8-14-26(23)36(32(33)41)20-27(38)35-17-15-22-11-5-7-13-25(22)35/h2-14,24,28-29,34H,15-20H2,1H3. The van der Waals surface area contributed by atoms with Crippen LogP contribution in [0.15, 0.2) is 78.9 Å². The van der Waals surface area contributed by atoms with Crippen molar-refractivity contribution < 1.29 is 19.2 Å². The first-order valence-electron chi connectivity index (χ1n) is 14.4. The number of amides is 4. The van der Waals surface area contributed by atoms with Crippen LogP contribution >= 0.6 is 11.8 Å². The summed E-state index contributed by atoms with van der Waals surface area (Å²) in [7, 11) is 0. The van der Waals surface area contributed by atoms with Crippen molar-refractivity contribution in [3.05, 3.63) is 95.6 Å². The van der Waals surface area contributed by atoms with Crippen LogP contribution in [0.2, 0.25) is 0 Å². The summed E-state index contributed by atoms with van der Waals surface area (Å²) in [6.07, 6.45) is 3.42. The lowest BCUT2D eigenvalue weighted by Crippen LogP contribution is -2.56. The summed E-state index contributed by atoms with van der Waals surface area (Å²) in [5, 5.41) is 3.55. The number of carbonyl (C=O) groups excluding carboxylic acids is 4. The summed E-state index contributed by atoms with van der Waals surface area (Å²) >= 11 is 1.67. The molecular weight excluding hydrogens is 548 g/mol. The lowest BCUT2D eigenvalue weighted by Gasteiger charge is -2.31. The Bertz CT molecular complexity index is 1600. The molecule has 4 aliphatic heterocycles. The lowest BCUT2D eigenvalue weighted by molar-refractivity contribution is -0.143. The molecule has 4 unspecified atom stereocenters. The quantitative estimate of drug-likeness (QED) is 0.432. The highest BCUT2D eigenvalue weighted by Gasteiger charge is 2.71. The molecule has 4 atom stereocenters. The fourth-order valence-electron chi connectivity index (χ4n) is 7.40. The van der Waals surface area contributed by atoms with Crippen LogP contribution in [0.3, 0.4) is 0 Å². The van der Waals surface area contributed by atoms with Crippen LogP contribution in [-0.4, -0.2) is 59.7 Å². The molecule has 0 bridgehead atoms.